The molecule has 0 saturated heterocycles. The predicted octanol–water partition coefficient (Wildman–Crippen LogP) is 4.41. The second-order valence-electron chi connectivity index (χ2n) is 4.45. The standard InChI is InChI=1S/C13H18BrF3N2/c1-3-8(4-2)12(19-18)10-7-9(13(15,16)17)5-6-11(10)14/h5-8,12,19H,3-4,18H2,1-2H3. The third kappa shape index (κ3) is 3.94. The van der Waals surface area contributed by atoms with Crippen LogP contribution in [-0.2, 0) is 6.18 Å². The quantitative estimate of drug-likeness (QED) is 0.616. The van der Waals surface area contributed by atoms with Gasteiger partial charge in [-0.1, -0.05) is 42.6 Å². The number of rotatable bonds is 5. The van der Waals surface area contributed by atoms with Crippen molar-refractivity contribution in [1.29, 1.82) is 0 Å². The molecule has 1 aromatic carbocycles. The Morgan fingerprint density at radius 1 is 1.26 bits per heavy atom. The van der Waals surface area contributed by atoms with Crippen LogP contribution in [-0.4, -0.2) is 0 Å². The van der Waals surface area contributed by atoms with E-state index in [4.69, 9.17) is 5.84 Å². The van der Waals surface area contributed by atoms with E-state index in [1.165, 1.54) is 6.07 Å². The fourth-order valence-electron chi connectivity index (χ4n) is 2.20. The fourth-order valence-corrected chi connectivity index (χ4v) is 2.69. The van der Waals surface area contributed by atoms with E-state index in [0.717, 1.165) is 25.0 Å². The summed E-state index contributed by atoms with van der Waals surface area (Å²) in [6.45, 7) is 4.00. The molecule has 1 rings (SSSR count). The summed E-state index contributed by atoms with van der Waals surface area (Å²) < 4.78 is 38.9. The summed E-state index contributed by atoms with van der Waals surface area (Å²) in [6, 6.07) is 3.35. The molecule has 0 spiro atoms. The molecule has 0 aliphatic rings. The minimum Gasteiger partial charge on any atom is -0.271 e. The maximum Gasteiger partial charge on any atom is 0.416 e. The molecule has 0 radical (unpaired) electrons. The maximum absolute atomic E-state index is 12.8. The first-order valence-corrected chi connectivity index (χ1v) is 6.97. The molecule has 108 valence electrons. The summed E-state index contributed by atoms with van der Waals surface area (Å²) in [6.07, 6.45) is -2.66. The number of hydrogen-bond acceptors (Lipinski definition) is 2. The minimum atomic E-state index is -4.34. The largest absolute Gasteiger partial charge is 0.416 e. The van der Waals surface area contributed by atoms with E-state index in [1.54, 1.807) is 0 Å². The third-order valence-electron chi connectivity index (χ3n) is 3.36. The maximum atomic E-state index is 12.8. The smallest absolute Gasteiger partial charge is 0.271 e. The molecule has 0 bridgehead atoms. The van der Waals surface area contributed by atoms with E-state index in [1.807, 2.05) is 13.8 Å². The van der Waals surface area contributed by atoms with Gasteiger partial charge < -0.3 is 0 Å². The summed E-state index contributed by atoms with van der Waals surface area (Å²) in [7, 11) is 0. The SMILES string of the molecule is CCC(CC)C(NN)c1cc(C(F)(F)F)ccc1Br. The summed E-state index contributed by atoms with van der Waals surface area (Å²) in [5, 5.41) is 0. The van der Waals surface area contributed by atoms with Gasteiger partial charge >= 0.3 is 6.18 Å². The lowest BCUT2D eigenvalue weighted by Gasteiger charge is -2.26. The Labute approximate surface area is 119 Å². The highest BCUT2D eigenvalue weighted by Gasteiger charge is 2.32. The van der Waals surface area contributed by atoms with Gasteiger partial charge in [0.2, 0.25) is 0 Å². The van der Waals surface area contributed by atoms with Crippen LogP contribution in [0, 0.1) is 5.92 Å². The Kier molecular flexibility index (Phi) is 5.82. The molecular formula is C13H18BrF3N2. The first-order chi connectivity index (χ1) is 8.85. The van der Waals surface area contributed by atoms with Gasteiger partial charge in [-0.25, -0.2) is 0 Å². The van der Waals surface area contributed by atoms with E-state index in [-0.39, 0.29) is 12.0 Å². The molecule has 3 N–H and O–H groups in total. The minimum absolute atomic E-state index is 0.185. The monoisotopic (exact) mass is 338 g/mol. The third-order valence-corrected chi connectivity index (χ3v) is 4.08. The summed E-state index contributed by atoms with van der Waals surface area (Å²) in [5.41, 5.74) is 2.53. The van der Waals surface area contributed by atoms with Crippen LogP contribution in [0.4, 0.5) is 13.2 Å². The topological polar surface area (TPSA) is 38.0 Å². The van der Waals surface area contributed by atoms with Crippen molar-refractivity contribution in [2.24, 2.45) is 11.8 Å². The number of hydrogen-bond donors (Lipinski definition) is 2. The van der Waals surface area contributed by atoms with Crippen LogP contribution in [0.25, 0.3) is 0 Å². The highest BCUT2D eigenvalue weighted by atomic mass is 79.9. The lowest BCUT2D eigenvalue weighted by Crippen LogP contribution is -2.33. The van der Waals surface area contributed by atoms with Crippen LogP contribution in [0.5, 0.6) is 0 Å². The van der Waals surface area contributed by atoms with Crippen molar-refractivity contribution in [3.63, 3.8) is 0 Å². The predicted molar refractivity (Wildman–Crippen MR) is 73.3 cm³/mol. The summed E-state index contributed by atoms with van der Waals surface area (Å²) in [4.78, 5) is 0. The number of hydrazine groups is 1. The zero-order valence-electron chi connectivity index (χ0n) is 10.9. The zero-order chi connectivity index (χ0) is 14.6. The molecule has 0 fully saturated rings. The molecular weight excluding hydrogens is 321 g/mol. The number of alkyl halides is 3. The van der Waals surface area contributed by atoms with E-state index in [0.29, 0.717) is 10.0 Å². The van der Waals surface area contributed by atoms with Crippen LogP contribution < -0.4 is 11.3 Å². The van der Waals surface area contributed by atoms with Crippen molar-refractivity contribution in [2.75, 3.05) is 0 Å². The van der Waals surface area contributed by atoms with Crippen molar-refractivity contribution in [2.45, 2.75) is 38.9 Å². The van der Waals surface area contributed by atoms with Crippen LogP contribution in [0.15, 0.2) is 22.7 Å². The van der Waals surface area contributed by atoms with Gasteiger partial charge in [0.1, 0.15) is 0 Å². The van der Waals surface area contributed by atoms with Gasteiger partial charge in [-0.2, -0.15) is 13.2 Å². The zero-order valence-corrected chi connectivity index (χ0v) is 12.5. The Balaban J connectivity index is 3.23. The average Bonchev–Trinajstić information content (AvgIpc) is 2.35. The van der Waals surface area contributed by atoms with Gasteiger partial charge in [-0.05, 0) is 29.7 Å². The molecule has 6 heteroatoms. The van der Waals surface area contributed by atoms with E-state index in [2.05, 4.69) is 21.4 Å². The molecule has 0 aromatic heterocycles. The van der Waals surface area contributed by atoms with Crippen molar-refractivity contribution < 1.29 is 13.2 Å². The van der Waals surface area contributed by atoms with Gasteiger partial charge in [0.05, 0.1) is 5.56 Å². The van der Waals surface area contributed by atoms with Crippen LogP contribution in [0.2, 0.25) is 0 Å². The molecule has 1 aromatic rings. The average molecular weight is 339 g/mol. The number of halogens is 4. The van der Waals surface area contributed by atoms with Crippen molar-refractivity contribution >= 4 is 15.9 Å². The van der Waals surface area contributed by atoms with Crippen LogP contribution in [0.1, 0.15) is 43.9 Å². The summed E-state index contributed by atoms with van der Waals surface area (Å²) >= 11 is 3.30. The second kappa shape index (κ2) is 6.72. The first-order valence-electron chi connectivity index (χ1n) is 6.17. The van der Waals surface area contributed by atoms with E-state index in [9.17, 15) is 13.2 Å². The number of nitrogens with two attached hydrogens (primary N) is 1. The highest BCUT2D eigenvalue weighted by Crippen LogP contribution is 2.36. The molecule has 0 amide bonds. The first kappa shape index (κ1) is 16.5. The van der Waals surface area contributed by atoms with Crippen molar-refractivity contribution in [1.82, 2.24) is 5.43 Å². The Bertz CT molecular complexity index is 417. The van der Waals surface area contributed by atoms with E-state index >= 15 is 0 Å². The van der Waals surface area contributed by atoms with Crippen LogP contribution in [0.3, 0.4) is 0 Å². The van der Waals surface area contributed by atoms with Gasteiger partial charge in [0.15, 0.2) is 0 Å². The molecule has 0 saturated carbocycles. The Morgan fingerprint density at radius 3 is 2.26 bits per heavy atom. The van der Waals surface area contributed by atoms with Crippen LogP contribution >= 0.6 is 15.9 Å². The van der Waals surface area contributed by atoms with Gasteiger partial charge in [-0.15, -0.1) is 0 Å². The second-order valence-corrected chi connectivity index (χ2v) is 5.31. The van der Waals surface area contributed by atoms with Gasteiger partial charge in [0, 0.05) is 10.5 Å². The lowest BCUT2D eigenvalue weighted by atomic mass is 9.88. The molecule has 2 nitrogen and oxygen atoms in total. The van der Waals surface area contributed by atoms with Crippen molar-refractivity contribution in [3.05, 3.63) is 33.8 Å². The summed E-state index contributed by atoms with van der Waals surface area (Å²) in [5.74, 6) is 5.72. The van der Waals surface area contributed by atoms with E-state index < -0.39 is 11.7 Å². The van der Waals surface area contributed by atoms with Gasteiger partial charge in [-0.3, -0.25) is 11.3 Å². The normalized spacial score (nSPS) is 13.9. The molecule has 1 atom stereocenters. The molecule has 19 heavy (non-hydrogen) atoms. The molecule has 0 aliphatic carbocycles. The fraction of sp³-hybridized carbons (Fsp3) is 0.538. The Morgan fingerprint density at radius 2 is 1.84 bits per heavy atom. The van der Waals surface area contributed by atoms with Gasteiger partial charge in [0.25, 0.3) is 0 Å². The Hall–Kier alpha value is -0.590. The molecule has 0 heterocycles. The number of benzene rings is 1. The number of nitrogens with one attached hydrogen (secondary N) is 1. The molecule has 0 aliphatic heterocycles. The highest BCUT2D eigenvalue weighted by molar-refractivity contribution is 9.10. The van der Waals surface area contributed by atoms with Crippen molar-refractivity contribution in [3.8, 4) is 0 Å². The molecule has 1 unspecified atom stereocenters. The lowest BCUT2D eigenvalue weighted by molar-refractivity contribution is -0.137.